The van der Waals surface area contributed by atoms with Gasteiger partial charge in [-0.05, 0) is 50.3 Å². The number of nitrogens with zero attached hydrogens (tertiary/aromatic N) is 1. The van der Waals surface area contributed by atoms with Crippen molar-refractivity contribution >= 4 is 21.4 Å². The molecule has 0 aliphatic carbocycles. The number of hydrogen-bond acceptors (Lipinski definition) is 7. The van der Waals surface area contributed by atoms with Crippen LogP contribution in [0.4, 0.5) is 5.69 Å². The van der Waals surface area contributed by atoms with E-state index in [-0.39, 0.29) is 5.75 Å². The number of sulfone groups is 1. The molecule has 3 rings (SSSR count). The summed E-state index contributed by atoms with van der Waals surface area (Å²) < 4.78 is 46.2. The first-order valence-electron chi connectivity index (χ1n) is 10.2. The van der Waals surface area contributed by atoms with Gasteiger partial charge in [0.15, 0.2) is 21.3 Å². The minimum absolute atomic E-state index is 0.219. The Balaban J connectivity index is 2.09. The molecule has 1 heterocycles. The molecule has 2 aromatic rings. The molecule has 2 aromatic carbocycles. The van der Waals surface area contributed by atoms with Crippen LogP contribution >= 0.6 is 0 Å². The van der Waals surface area contributed by atoms with E-state index in [1.807, 2.05) is 13.8 Å². The number of hydrogen-bond donors (Lipinski definition) is 0. The summed E-state index contributed by atoms with van der Waals surface area (Å²) in [6.45, 7) is 4.55. The van der Waals surface area contributed by atoms with Gasteiger partial charge in [0.1, 0.15) is 11.5 Å². The fourth-order valence-electron chi connectivity index (χ4n) is 3.47. The highest BCUT2D eigenvalue weighted by Gasteiger charge is 2.34. The SMILES string of the molecule is CCOc1ccc(C(=O)N(c2ccc(OC)cc2OC)[C@H]2C=CS(=O)(=O)C2)cc1OCC. The fraction of sp³-hybridized carbons (Fsp3) is 0.348. The Labute approximate surface area is 188 Å². The van der Waals surface area contributed by atoms with Crippen molar-refractivity contribution in [2.45, 2.75) is 19.9 Å². The van der Waals surface area contributed by atoms with E-state index in [4.69, 9.17) is 18.9 Å². The quantitative estimate of drug-likeness (QED) is 0.565. The molecular formula is C23H27NO7S. The normalized spacial score (nSPS) is 16.4. The van der Waals surface area contributed by atoms with E-state index in [1.54, 1.807) is 36.4 Å². The van der Waals surface area contributed by atoms with Gasteiger partial charge in [0.25, 0.3) is 5.91 Å². The van der Waals surface area contributed by atoms with Crippen molar-refractivity contribution in [3.05, 3.63) is 53.4 Å². The Bertz CT molecular complexity index is 1110. The molecule has 0 spiro atoms. The fourth-order valence-corrected chi connectivity index (χ4v) is 4.73. The molecule has 0 fully saturated rings. The van der Waals surface area contributed by atoms with Crippen LogP contribution in [0, 0.1) is 0 Å². The van der Waals surface area contributed by atoms with Crippen LogP contribution in [0.1, 0.15) is 24.2 Å². The first kappa shape index (κ1) is 23.5. The molecule has 172 valence electrons. The second-order valence-corrected chi connectivity index (χ2v) is 8.90. The zero-order valence-electron chi connectivity index (χ0n) is 18.5. The Morgan fingerprint density at radius 2 is 1.69 bits per heavy atom. The van der Waals surface area contributed by atoms with Crippen molar-refractivity contribution in [2.75, 3.05) is 38.1 Å². The second-order valence-electron chi connectivity index (χ2n) is 6.97. The summed E-state index contributed by atoms with van der Waals surface area (Å²) in [5, 5.41) is 1.14. The van der Waals surface area contributed by atoms with Crippen molar-refractivity contribution in [3.8, 4) is 23.0 Å². The highest BCUT2D eigenvalue weighted by Crippen LogP contribution is 2.37. The van der Waals surface area contributed by atoms with Gasteiger partial charge < -0.3 is 18.9 Å². The highest BCUT2D eigenvalue weighted by molar-refractivity contribution is 7.94. The zero-order valence-corrected chi connectivity index (χ0v) is 19.3. The van der Waals surface area contributed by atoms with Gasteiger partial charge in [-0.3, -0.25) is 9.69 Å². The van der Waals surface area contributed by atoms with Crippen LogP contribution in [-0.2, 0) is 9.84 Å². The number of anilines is 1. The largest absolute Gasteiger partial charge is 0.497 e. The number of methoxy groups -OCH3 is 2. The number of benzene rings is 2. The molecule has 32 heavy (non-hydrogen) atoms. The van der Waals surface area contributed by atoms with Gasteiger partial charge in [-0.1, -0.05) is 0 Å². The lowest BCUT2D eigenvalue weighted by molar-refractivity contribution is 0.0982. The van der Waals surface area contributed by atoms with E-state index >= 15 is 0 Å². The Kier molecular flexibility index (Phi) is 7.29. The summed E-state index contributed by atoms with van der Waals surface area (Å²) in [5.74, 6) is 1.28. The minimum Gasteiger partial charge on any atom is -0.497 e. The van der Waals surface area contributed by atoms with Crippen LogP contribution in [0.5, 0.6) is 23.0 Å². The average molecular weight is 462 g/mol. The minimum atomic E-state index is -3.41. The van der Waals surface area contributed by atoms with Crippen LogP contribution < -0.4 is 23.8 Å². The molecule has 1 atom stereocenters. The number of amides is 1. The summed E-state index contributed by atoms with van der Waals surface area (Å²) in [5.41, 5.74) is 0.754. The van der Waals surface area contributed by atoms with Crippen molar-refractivity contribution in [2.24, 2.45) is 0 Å². The van der Waals surface area contributed by atoms with E-state index in [0.29, 0.717) is 47.5 Å². The third kappa shape index (κ3) is 4.99. The van der Waals surface area contributed by atoms with E-state index in [2.05, 4.69) is 0 Å². The van der Waals surface area contributed by atoms with Crippen molar-refractivity contribution in [1.29, 1.82) is 0 Å². The summed E-state index contributed by atoms with van der Waals surface area (Å²) in [6.07, 6.45) is 1.51. The number of rotatable bonds is 9. The first-order valence-corrected chi connectivity index (χ1v) is 11.9. The highest BCUT2D eigenvalue weighted by atomic mass is 32.2. The molecule has 1 aliphatic rings. The van der Waals surface area contributed by atoms with Crippen LogP contribution in [0.2, 0.25) is 0 Å². The lowest BCUT2D eigenvalue weighted by atomic mass is 10.1. The molecule has 0 saturated carbocycles. The summed E-state index contributed by atoms with van der Waals surface area (Å²) >= 11 is 0. The number of carbonyl (C=O) groups excluding carboxylic acids is 1. The Morgan fingerprint density at radius 1 is 0.969 bits per heavy atom. The van der Waals surface area contributed by atoms with Crippen molar-refractivity contribution in [1.82, 2.24) is 0 Å². The van der Waals surface area contributed by atoms with E-state index in [9.17, 15) is 13.2 Å². The summed E-state index contributed by atoms with van der Waals surface area (Å²) in [4.78, 5) is 15.1. The molecule has 9 heteroatoms. The molecule has 0 bridgehead atoms. The number of carbonyl (C=O) groups is 1. The molecule has 0 radical (unpaired) electrons. The summed E-state index contributed by atoms with van der Waals surface area (Å²) in [6, 6.07) is 9.22. The average Bonchev–Trinajstić information content (AvgIpc) is 3.14. The van der Waals surface area contributed by atoms with E-state index < -0.39 is 21.8 Å². The first-order chi connectivity index (χ1) is 15.3. The van der Waals surface area contributed by atoms with Gasteiger partial charge in [0.05, 0.1) is 44.9 Å². The Hall–Kier alpha value is -3.20. The Morgan fingerprint density at radius 3 is 2.28 bits per heavy atom. The molecule has 0 N–H and O–H groups in total. The standard InChI is InChI=1S/C23H27NO7S/c1-5-30-20-10-7-16(13-22(20)31-6-2)23(25)24(17-11-12-32(26,27)15-17)19-9-8-18(28-3)14-21(19)29-4/h7-14,17H,5-6,15H2,1-4H3/t17-/m0/s1. The molecule has 0 unspecified atom stereocenters. The van der Waals surface area contributed by atoms with Crippen LogP contribution in [0.15, 0.2) is 47.9 Å². The van der Waals surface area contributed by atoms with Crippen LogP contribution in [-0.4, -0.2) is 53.6 Å². The molecule has 0 aromatic heterocycles. The van der Waals surface area contributed by atoms with Gasteiger partial charge in [0.2, 0.25) is 0 Å². The molecule has 1 aliphatic heterocycles. The topological polar surface area (TPSA) is 91.4 Å². The zero-order chi connectivity index (χ0) is 23.3. The summed E-state index contributed by atoms with van der Waals surface area (Å²) in [7, 11) is -0.407. The van der Waals surface area contributed by atoms with Crippen molar-refractivity contribution < 1.29 is 32.2 Å². The maximum absolute atomic E-state index is 13.7. The van der Waals surface area contributed by atoms with E-state index in [0.717, 1.165) is 5.41 Å². The lowest BCUT2D eigenvalue weighted by Gasteiger charge is -2.29. The van der Waals surface area contributed by atoms with Gasteiger partial charge in [-0.25, -0.2) is 8.42 Å². The van der Waals surface area contributed by atoms with E-state index in [1.165, 1.54) is 25.2 Å². The molecule has 1 amide bonds. The van der Waals surface area contributed by atoms with Crippen LogP contribution in [0.25, 0.3) is 0 Å². The van der Waals surface area contributed by atoms with Gasteiger partial charge in [0, 0.05) is 17.0 Å². The van der Waals surface area contributed by atoms with Crippen LogP contribution in [0.3, 0.4) is 0 Å². The maximum Gasteiger partial charge on any atom is 0.259 e. The second kappa shape index (κ2) is 9.95. The molecule has 8 nitrogen and oxygen atoms in total. The smallest absolute Gasteiger partial charge is 0.259 e. The van der Waals surface area contributed by atoms with Gasteiger partial charge >= 0.3 is 0 Å². The predicted molar refractivity (Wildman–Crippen MR) is 122 cm³/mol. The third-order valence-corrected chi connectivity index (χ3v) is 6.28. The lowest BCUT2D eigenvalue weighted by Crippen LogP contribution is -2.41. The number of ether oxygens (including phenoxy) is 4. The van der Waals surface area contributed by atoms with Gasteiger partial charge in [-0.2, -0.15) is 0 Å². The molecule has 0 saturated heterocycles. The third-order valence-electron chi connectivity index (χ3n) is 4.90. The predicted octanol–water partition coefficient (Wildman–Crippen LogP) is 3.46. The van der Waals surface area contributed by atoms with Gasteiger partial charge in [-0.15, -0.1) is 0 Å². The van der Waals surface area contributed by atoms with Crippen molar-refractivity contribution in [3.63, 3.8) is 0 Å². The monoisotopic (exact) mass is 461 g/mol. The molecular weight excluding hydrogens is 434 g/mol. The maximum atomic E-state index is 13.7.